The zero-order valence-corrected chi connectivity index (χ0v) is 22.6. The summed E-state index contributed by atoms with van der Waals surface area (Å²) in [5.41, 5.74) is 6.96. The van der Waals surface area contributed by atoms with Gasteiger partial charge in [0.05, 0.1) is 30.6 Å². The molecule has 0 unspecified atom stereocenters. The summed E-state index contributed by atoms with van der Waals surface area (Å²) in [6, 6.07) is 17.6. The smallest absolute Gasteiger partial charge is 0.221 e. The maximum absolute atomic E-state index is 11.9. The van der Waals surface area contributed by atoms with Crippen LogP contribution in [0.4, 0.5) is 11.4 Å². The number of nitrogens with zero attached hydrogens (tertiary/aromatic N) is 4. The zero-order chi connectivity index (χ0) is 26.8. The van der Waals surface area contributed by atoms with Crippen LogP contribution in [0, 0.1) is 13.8 Å². The van der Waals surface area contributed by atoms with E-state index in [1.165, 1.54) is 12.5 Å². The number of carbonyl (C=O) groups excluding carboxylic acids is 1. The van der Waals surface area contributed by atoms with Crippen molar-refractivity contribution in [2.75, 3.05) is 17.3 Å². The van der Waals surface area contributed by atoms with Gasteiger partial charge < -0.3 is 24.8 Å². The van der Waals surface area contributed by atoms with E-state index in [1.54, 1.807) is 13.3 Å². The Kier molecular flexibility index (Phi) is 7.11. The second-order valence-electron chi connectivity index (χ2n) is 9.33. The Morgan fingerprint density at radius 2 is 1.89 bits per heavy atom. The zero-order valence-electron chi connectivity index (χ0n) is 21.8. The topological polar surface area (TPSA) is 84.3 Å². The summed E-state index contributed by atoms with van der Waals surface area (Å²) >= 11 is 5.91. The first kappa shape index (κ1) is 25.4. The Labute approximate surface area is 227 Å². The predicted molar refractivity (Wildman–Crippen MR) is 152 cm³/mol. The Bertz CT molecular complexity index is 1470. The highest BCUT2D eigenvalue weighted by atomic mass is 32.1. The van der Waals surface area contributed by atoms with Crippen LogP contribution < -0.4 is 20.3 Å². The second-order valence-corrected chi connectivity index (χ2v) is 9.72. The SMILES string of the molecule is COc1ccc(N2C(=S)N[C@H](c3ccccn3)[C@H]2c2cc(C)n(Cc3ccncc3)c2C)cc1NC(C)=O. The van der Waals surface area contributed by atoms with Gasteiger partial charge in [0.25, 0.3) is 0 Å². The number of benzene rings is 1. The summed E-state index contributed by atoms with van der Waals surface area (Å²) in [4.78, 5) is 22.8. The molecule has 0 radical (unpaired) electrons. The first-order valence-electron chi connectivity index (χ1n) is 12.4. The van der Waals surface area contributed by atoms with Crippen LogP contribution in [-0.2, 0) is 11.3 Å². The van der Waals surface area contributed by atoms with Crippen LogP contribution in [-0.4, -0.2) is 32.7 Å². The lowest BCUT2D eigenvalue weighted by Gasteiger charge is -2.29. The highest BCUT2D eigenvalue weighted by Gasteiger charge is 2.42. The molecule has 4 aromatic rings. The van der Waals surface area contributed by atoms with Crippen molar-refractivity contribution in [1.82, 2.24) is 19.9 Å². The number of hydrogen-bond acceptors (Lipinski definition) is 5. The third-order valence-corrected chi connectivity index (χ3v) is 7.21. The lowest BCUT2D eigenvalue weighted by molar-refractivity contribution is -0.114. The molecule has 0 aliphatic carbocycles. The van der Waals surface area contributed by atoms with Crippen molar-refractivity contribution in [3.8, 4) is 5.75 Å². The van der Waals surface area contributed by atoms with Crippen LogP contribution in [0.25, 0.3) is 0 Å². The largest absolute Gasteiger partial charge is 0.495 e. The molecular formula is C29H30N6O2S. The van der Waals surface area contributed by atoms with Crippen molar-refractivity contribution in [2.45, 2.75) is 39.4 Å². The number of ether oxygens (including phenoxy) is 1. The first-order chi connectivity index (χ1) is 18.4. The molecule has 1 aromatic carbocycles. The van der Waals surface area contributed by atoms with E-state index < -0.39 is 0 Å². The number of pyridine rings is 2. The van der Waals surface area contributed by atoms with Gasteiger partial charge in [-0.25, -0.2) is 0 Å². The number of aromatic nitrogens is 3. The van der Waals surface area contributed by atoms with Gasteiger partial charge in [-0.05, 0) is 85.7 Å². The molecule has 3 aromatic heterocycles. The number of methoxy groups -OCH3 is 1. The van der Waals surface area contributed by atoms with E-state index in [0.717, 1.165) is 34.9 Å². The summed E-state index contributed by atoms with van der Waals surface area (Å²) in [5.74, 6) is 0.403. The van der Waals surface area contributed by atoms with Crippen LogP contribution in [0.3, 0.4) is 0 Å². The minimum Gasteiger partial charge on any atom is -0.495 e. The average molecular weight is 527 g/mol. The molecule has 8 nitrogen and oxygen atoms in total. The minimum absolute atomic E-state index is 0.173. The van der Waals surface area contributed by atoms with Crippen molar-refractivity contribution < 1.29 is 9.53 Å². The molecule has 0 saturated carbocycles. The van der Waals surface area contributed by atoms with Crippen molar-refractivity contribution in [1.29, 1.82) is 0 Å². The molecule has 1 aliphatic rings. The van der Waals surface area contributed by atoms with E-state index in [4.69, 9.17) is 17.0 Å². The number of hydrogen-bond donors (Lipinski definition) is 2. The van der Waals surface area contributed by atoms with Gasteiger partial charge in [-0.2, -0.15) is 0 Å². The van der Waals surface area contributed by atoms with Gasteiger partial charge in [0.1, 0.15) is 5.75 Å². The molecule has 2 N–H and O–H groups in total. The van der Waals surface area contributed by atoms with Crippen molar-refractivity contribution in [3.63, 3.8) is 0 Å². The van der Waals surface area contributed by atoms with E-state index in [-0.39, 0.29) is 18.0 Å². The third kappa shape index (κ3) is 4.84. The minimum atomic E-state index is -0.176. The van der Waals surface area contributed by atoms with E-state index in [2.05, 4.69) is 50.0 Å². The second kappa shape index (κ2) is 10.6. The van der Waals surface area contributed by atoms with Gasteiger partial charge in [0.2, 0.25) is 5.91 Å². The fraction of sp³-hybridized carbons (Fsp3) is 0.241. The summed E-state index contributed by atoms with van der Waals surface area (Å²) in [6.07, 6.45) is 5.44. The van der Waals surface area contributed by atoms with E-state index in [0.29, 0.717) is 16.5 Å². The van der Waals surface area contributed by atoms with Crippen LogP contribution >= 0.6 is 12.2 Å². The molecule has 1 fully saturated rings. The molecule has 38 heavy (non-hydrogen) atoms. The lowest BCUT2D eigenvalue weighted by Crippen LogP contribution is -2.29. The molecule has 0 spiro atoms. The number of aryl methyl sites for hydroxylation is 1. The first-order valence-corrected chi connectivity index (χ1v) is 12.8. The number of nitrogens with one attached hydrogen (secondary N) is 2. The average Bonchev–Trinajstić information content (AvgIpc) is 3.40. The monoisotopic (exact) mass is 526 g/mol. The summed E-state index contributed by atoms with van der Waals surface area (Å²) in [7, 11) is 1.58. The molecule has 9 heteroatoms. The predicted octanol–water partition coefficient (Wildman–Crippen LogP) is 5.09. The van der Waals surface area contributed by atoms with E-state index >= 15 is 0 Å². The van der Waals surface area contributed by atoms with Gasteiger partial charge >= 0.3 is 0 Å². The van der Waals surface area contributed by atoms with Crippen LogP contribution in [0.5, 0.6) is 5.75 Å². The fourth-order valence-electron chi connectivity index (χ4n) is 5.12. The summed E-state index contributed by atoms with van der Waals surface area (Å²) < 4.78 is 7.80. The van der Waals surface area contributed by atoms with Gasteiger partial charge in [0.15, 0.2) is 5.11 Å². The van der Waals surface area contributed by atoms with Gasteiger partial charge in [-0.15, -0.1) is 0 Å². The molecular weight excluding hydrogens is 496 g/mol. The standard InChI is InChI=1S/C29H30N6O2S/c1-18-15-23(19(2)34(18)17-21-10-13-30-14-11-21)28-27(24-7-5-6-12-31-24)33-29(38)35(28)22-8-9-26(37-4)25(16-22)32-20(3)36/h5-16,27-28H,17H2,1-4H3,(H,32,36)(H,33,38)/t27-,28-/m1/s1. The Morgan fingerprint density at radius 1 is 1.11 bits per heavy atom. The third-order valence-electron chi connectivity index (χ3n) is 6.89. The van der Waals surface area contributed by atoms with E-state index in [9.17, 15) is 4.79 Å². The molecule has 1 saturated heterocycles. The van der Waals surface area contributed by atoms with Crippen molar-refractivity contribution in [3.05, 3.63) is 101 Å². The molecule has 4 heterocycles. The number of rotatable bonds is 7. The van der Waals surface area contributed by atoms with Gasteiger partial charge in [-0.3, -0.25) is 14.8 Å². The molecule has 2 atom stereocenters. The highest BCUT2D eigenvalue weighted by molar-refractivity contribution is 7.80. The van der Waals surface area contributed by atoms with Gasteiger partial charge in [0, 0.05) is 49.1 Å². The highest BCUT2D eigenvalue weighted by Crippen LogP contribution is 2.44. The maximum atomic E-state index is 11.9. The Morgan fingerprint density at radius 3 is 2.58 bits per heavy atom. The number of amides is 1. The normalized spacial score (nSPS) is 16.8. The quantitative estimate of drug-likeness (QED) is 0.325. The van der Waals surface area contributed by atoms with Crippen molar-refractivity contribution in [2.24, 2.45) is 0 Å². The number of anilines is 2. The Hall–Kier alpha value is -4.24. The fourth-order valence-corrected chi connectivity index (χ4v) is 5.47. The molecule has 194 valence electrons. The molecule has 1 amide bonds. The molecule has 5 rings (SSSR count). The van der Waals surface area contributed by atoms with E-state index in [1.807, 2.05) is 60.9 Å². The number of carbonyl (C=O) groups is 1. The van der Waals surface area contributed by atoms with Crippen molar-refractivity contribution >= 4 is 34.6 Å². The van der Waals surface area contributed by atoms with Crippen LogP contribution in [0.15, 0.2) is 73.2 Å². The van der Waals surface area contributed by atoms with Crippen LogP contribution in [0.2, 0.25) is 0 Å². The number of thiocarbonyl (C=S) groups is 1. The molecule has 0 bridgehead atoms. The lowest BCUT2D eigenvalue weighted by atomic mass is 9.96. The van der Waals surface area contributed by atoms with Gasteiger partial charge in [-0.1, -0.05) is 6.07 Å². The summed E-state index contributed by atoms with van der Waals surface area (Å²) in [5, 5.41) is 6.98. The summed E-state index contributed by atoms with van der Waals surface area (Å²) in [6.45, 7) is 6.50. The molecule has 1 aliphatic heterocycles. The van der Waals surface area contributed by atoms with Crippen LogP contribution in [0.1, 0.15) is 47.2 Å². The maximum Gasteiger partial charge on any atom is 0.221 e. The Balaban J connectivity index is 1.63.